The molecule has 2 aromatic carbocycles. The van der Waals surface area contributed by atoms with E-state index in [9.17, 15) is 4.39 Å². The second-order valence-electron chi connectivity index (χ2n) is 4.07. The van der Waals surface area contributed by atoms with Crippen molar-refractivity contribution in [3.8, 4) is 0 Å². The molecule has 0 amide bonds. The van der Waals surface area contributed by atoms with Gasteiger partial charge in [-0.2, -0.15) is 0 Å². The van der Waals surface area contributed by atoms with Crippen LogP contribution < -0.4 is 5.32 Å². The molecule has 0 unspecified atom stereocenters. The molecule has 3 aromatic rings. The summed E-state index contributed by atoms with van der Waals surface area (Å²) < 4.78 is 14.2. The van der Waals surface area contributed by atoms with E-state index in [4.69, 9.17) is 0 Å². The van der Waals surface area contributed by atoms with Gasteiger partial charge >= 0.3 is 0 Å². The van der Waals surface area contributed by atoms with E-state index >= 15 is 0 Å². The second kappa shape index (κ2) is 4.38. The molecular weight excluding hydrogens is 247 g/mol. The number of nitrogens with zero attached hydrogens (tertiary/aromatic N) is 1. The number of aryl methyl sites for hydroxylation is 1. The normalized spacial score (nSPS) is 10.8. The Kier molecular flexibility index (Phi) is 2.72. The molecule has 1 aromatic heterocycles. The third-order valence-corrected chi connectivity index (χ3v) is 3.68. The maximum atomic E-state index is 13.0. The lowest BCUT2D eigenvalue weighted by molar-refractivity contribution is 0.627. The highest BCUT2D eigenvalue weighted by molar-refractivity contribution is 7.22. The van der Waals surface area contributed by atoms with Crippen molar-refractivity contribution in [2.75, 3.05) is 5.32 Å². The average molecular weight is 258 g/mol. The molecular formula is C14H11FN2S. The van der Waals surface area contributed by atoms with E-state index < -0.39 is 0 Å². The van der Waals surface area contributed by atoms with Gasteiger partial charge in [0.05, 0.1) is 10.2 Å². The van der Waals surface area contributed by atoms with Crippen LogP contribution in [0, 0.1) is 12.7 Å². The van der Waals surface area contributed by atoms with Gasteiger partial charge in [0.25, 0.3) is 0 Å². The highest BCUT2D eigenvalue weighted by Crippen LogP contribution is 2.29. The molecule has 0 aliphatic carbocycles. The van der Waals surface area contributed by atoms with Gasteiger partial charge in [-0.3, -0.25) is 0 Å². The number of benzene rings is 2. The minimum absolute atomic E-state index is 0.220. The van der Waals surface area contributed by atoms with Gasteiger partial charge in [0.15, 0.2) is 5.13 Å². The zero-order chi connectivity index (χ0) is 12.5. The van der Waals surface area contributed by atoms with E-state index in [0.717, 1.165) is 26.6 Å². The van der Waals surface area contributed by atoms with E-state index in [1.807, 2.05) is 31.2 Å². The largest absolute Gasteiger partial charge is 0.331 e. The highest BCUT2D eigenvalue weighted by Gasteiger charge is 2.05. The number of halogens is 1. The Morgan fingerprint density at radius 3 is 2.78 bits per heavy atom. The van der Waals surface area contributed by atoms with Crippen LogP contribution in [0.1, 0.15) is 5.56 Å². The first-order valence-corrected chi connectivity index (χ1v) is 6.43. The lowest BCUT2D eigenvalue weighted by Gasteiger charge is -2.05. The van der Waals surface area contributed by atoms with Crippen LogP contribution in [0.5, 0.6) is 0 Å². The number of fused-ring (bicyclic) bond motifs is 1. The number of hydrogen-bond acceptors (Lipinski definition) is 3. The van der Waals surface area contributed by atoms with Gasteiger partial charge in [-0.25, -0.2) is 9.37 Å². The topological polar surface area (TPSA) is 24.9 Å². The molecule has 2 nitrogen and oxygen atoms in total. The Labute approximate surface area is 108 Å². The summed E-state index contributed by atoms with van der Waals surface area (Å²) in [5, 5.41) is 4.05. The van der Waals surface area contributed by atoms with Crippen molar-refractivity contribution in [3.63, 3.8) is 0 Å². The van der Waals surface area contributed by atoms with E-state index in [2.05, 4.69) is 10.3 Å². The summed E-state index contributed by atoms with van der Waals surface area (Å²) in [4.78, 5) is 4.49. The summed E-state index contributed by atoms with van der Waals surface area (Å²) in [5.41, 5.74) is 2.73. The van der Waals surface area contributed by atoms with E-state index in [0.29, 0.717) is 0 Å². The summed E-state index contributed by atoms with van der Waals surface area (Å²) in [5.74, 6) is -0.220. The highest BCUT2D eigenvalue weighted by atomic mass is 32.1. The minimum Gasteiger partial charge on any atom is -0.331 e. The number of rotatable bonds is 2. The first-order chi connectivity index (χ1) is 8.72. The molecule has 0 radical (unpaired) electrons. The van der Waals surface area contributed by atoms with Crippen LogP contribution in [0.15, 0.2) is 42.5 Å². The fourth-order valence-corrected chi connectivity index (χ4v) is 2.69. The molecule has 18 heavy (non-hydrogen) atoms. The first kappa shape index (κ1) is 11.2. The molecule has 1 heterocycles. The molecule has 1 N–H and O–H groups in total. The lowest BCUT2D eigenvalue weighted by atomic mass is 10.2. The SMILES string of the molecule is Cc1cc(F)ccc1Nc1nc2ccccc2s1. The van der Waals surface area contributed by atoms with Crippen molar-refractivity contribution in [2.24, 2.45) is 0 Å². The summed E-state index contributed by atoms with van der Waals surface area (Å²) >= 11 is 1.59. The van der Waals surface area contributed by atoms with E-state index in [1.54, 1.807) is 17.4 Å². The second-order valence-corrected chi connectivity index (χ2v) is 5.10. The van der Waals surface area contributed by atoms with Crippen molar-refractivity contribution in [1.82, 2.24) is 4.98 Å². The van der Waals surface area contributed by atoms with Crippen LogP contribution >= 0.6 is 11.3 Å². The predicted molar refractivity (Wildman–Crippen MR) is 74.0 cm³/mol. The van der Waals surface area contributed by atoms with E-state index in [1.165, 1.54) is 12.1 Å². The minimum atomic E-state index is -0.220. The quantitative estimate of drug-likeness (QED) is 0.732. The zero-order valence-electron chi connectivity index (χ0n) is 9.77. The summed E-state index contributed by atoms with van der Waals surface area (Å²) in [7, 11) is 0. The zero-order valence-corrected chi connectivity index (χ0v) is 10.6. The van der Waals surface area contributed by atoms with Crippen molar-refractivity contribution >= 4 is 32.4 Å². The molecule has 0 saturated carbocycles. The number of aromatic nitrogens is 1. The summed E-state index contributed by atoms with van der Waals surface area (Å²) in [6.45, 7) is 1.87. The van der Waals surface area contributed by atoms with Gasteiger partial charge in [0, 0.05) is 5.69 Å². The number of thiazole rings is 1. The number of hydrogen-bond donors (Lipinski definition) is 1. The molecule has 0 bridgehead atoms. The molecule has 0 aliphatic heterocycles. The Balaban J connectivity index is 1.96. The third kappa shape index (κ3) is 2.07. The molecule has 0 fully saturated rings. The van der Waals surface area contributed by atoms with Crippen LogP contribution in [0.3, 0.4) is 0 Å². The Hall–Kier alpha value is -1.94. The van der Waals surface area contributed by atoms with Crippen LogP contribution in [0.4, 0.5) is 15.2 Å². The molecule has 0 aliphatic rings. The smallest absolute Gasteiger partial charge is 0.188 e. The Morgan fingerprint density at radius 1 is 1.17 bits per heavy atom. The van der Waals surface area contributed by atoms with Crippen LogP contribution in [0.25, 0.3) is 10.2 Å². The standard InChI is InChI=1S/C14H11FN2S/c1-9-8-10(15)6-7-11(9)16-14-17-12-4-2-3-5-13(12)18-14/h2-8H,1H3,(H,16,17). The van der Waals surface area contributed by atoms with Crippen molar-refractivity contribution in [1.29, 1.82) is 0 Å². The summed E-state index contributed by atoms with van der Waals surface area (Å²) in [6.07, 6.45) is 0. The Bertz CT molecular complexity index is 673. The fourth-order valence-electron chi connectivity index (χ4n) is 1.81. The molecule has 3 rings (SSSR count). The monoisotopic (exact) mass is 258 g/mol. The number of anilines is 2. The number of para-hydroxylation sites is 1. The van der Waals surface area contributed by atoms with Gasteiger partial charge in [-0.1, -0.05) is 23.5 Å². The lowest BCUT2D eigenvalue weighted by Crippen LogP contribution is -1.92. The first-order valence-electron chi connectivity index (χ1n) is 5.61. The fraction of sp³-hybridized carbons (Fsp3) is 0.0714. The molecule has 90 valence electrons. The average Bonchev–Trinajstić information content (AvgIpc) is 2.75. The van der Waals surface area contributed by atoms with Crippen molar-refractivity contribution in [3.05, 3.63) is 53.8 Å². The van der Waals surface area contributed by atoms with Crippen molar-refractivity contribution in [2.45, 2.75) is 6.92 Å². The van der Waals surface area contributed by atoms with Crippen LogP contribution in [0.2, 0.25) is 0 Å². The maximum absolute atomic E-state index is 13.0. The Morgan fingerprint density at radius 2 is 2.00 bits per heavy atom. The molecule has 0 atom stereocenters. The van der Waals surface area contributed by atoms with Gasteiger partial charge in [-0.05, 0) is 42.8 Å². The van der Waals surface area contributed by atoms with Crippen LogP contribution in [-0.4, -0.2) is 4.98 Å². The van der Waals surface area contributed by atoms with E-state index in [-0.39, 0.29) is 5.82 Å². The summed E-state index contributed by atoms with van der Waals surface area (Å²) in [6, 6.07) is 12.7. The molecule has 0 saturated heterocycles. The number of nitrogens with one attached hydrogen (secondary N) is 1. The third-order valence-electron chi connectivity index (χ3n) is 2.72. The predicted octanol–water partition coefficient (Wildman–Crippen LogP) is 4.49. The van der Waals surface area contributed by atoms with Gasteiger partial charge in [0.2, 0.25) is 0 Å². The van der Waals surface area contributed by atoms with Crippen LogP contribution in [-0.2, 0) is 0 Å². The van der Waals surface area contributed by atoms with Gasteiger partial charge < -0.3 is 5.32 Å². The van der Waals surface area contributed by atoms with Gasteiger partial charge in [0.1, 0.15) is 5.82 Å². The molecule has 4 heteroatoms. The molecule has 0 spiro atoms. The maximum Gasteiger partial charge on any atom is 0.188 e. The van der Waals surface area contributed by atoms with Crippen molar-refractivity contribution < 1.29 is 4.39 Å². The van der Waals surface area contributed by atoms with Gasteiger partial charge in [-0.15, -0.1) is 0 Å².